The van der Waals surface area contributed by atoms with E-state index in [-0.39, 0.29) is 22.6 Å². The summed E-state index contributed by atoms with van der Waals surface area (Å²) in [7, 11) is 0. The number of benzene rings is 2. The molecule has 0 N–H and O–H groups in total. The van der Waals surface area contributed by atoms with Gasteiger partial charge in [-0.1, -0.05) is 44.2 Å². The molecule has 0 aliphatic rings. The monoisotopic (exact) mass is 341 g/mol. The van der Waals surface area contributed by atoms with E-state index >= 15 is 0 Å². The van der Waals surface area contributed by atoms with E-state index in [2.05, 4.69) is 13.8 Å². The average molecular weight is 341 g/mol. The van der Waals surface area contributed by atoms with Crippen LogP contribution in [0.15, 0.2) is 42.5 Å². The first-order valence-electron chi connectivity index (χ1n) is 7.85. The van der Waals surface area contributed by atoms with Gasteiger partial charge in [-0.3, -0.25) is 14.9 Å². The van der Waals surface area contributed by atoms with Crippen molar-refractivity contribution in [2.24, 2.45) is 0 Å². The van der Waals surface area contributed by atoms with Crippen molar-refractivity contribution in [1.29, 1.82) is 0 Å². The van der Waals surface area contributed by atoms with Crippen molar-refractivity contribution in [2.75, 3.05) is 6.61 Å². The zero-order valence-electron chi connectivity index (χ0n) is 14.3. The maximum Gasteiger partial charge on any atom is 0.339 e. The number of carbonyl (C=O) groups is 2. The lowest BCUT2D eigenvalue weighted by Gasteiger charge is -2.08. The minimum absolute atomic E-state index is 0.0807. The normalized spacial score (nSPS) is 10.6. The fourth-order valence-electron chi connectivity index (χ4n) is 2.39. The number of nitro groups is 1. The molecule has 2 rings (SSSR count). The largest absolute Gasteiger partial charge is 0.454 e. The third-order valence-electron chi connectivity index (χ3n) is 3.96. The number of esters is 1. The van der Waals surface area contributed by atoms with Crippen LogP contribution in [0.2, 0.25) is 0 Å². The Balaban J connectivity index is 2.06. The van der Waals surface area contributed by atoms with Crippen LogP contribution in [0.25, 0.3) is 0 Å². The Morgan fingerprint density at radius 1 is 1.12 bits per heavy atom. The maximum atomic E-state index is 12.1. The lowest BCUT2D eigenvalue weighted by molar-refractivity contribution is -0.385. The molecule has 0 bridgehead atoms. The van der Waals surface area contributed by atoms with Crippen molar-refractivity contribution in [3.63, 3.8) is 0 Å². The van der Waals surface area contributed by atoms with E-state index in [9.17, 15) is 19.7 Å². The van der Waals surface area contributed by atoms with Gasteiger partial charge in [-0.25, -0.2) is 4.79 Å². The van der Waals surface area contributed by atoms with Gasteiger partial charge in [-0.2, -0.15) is 0 Å². The van der Waals surface area contributed by atoms with Crippen molar-refractivity contribution in [2.45, 2.75) is 26.7 Å². The first-order chi connectivity index (χ1) is 11.8. The van der Waals surface area contributed by atoms with Gasteiger partial charge in [0.2, 0.25) is 0 Å². The van der Waals surface area contributed by atoms with Crippen LogP contribution in [0.4, 0.5) is 5.69 Å². The molecular formula is C19H19NO5. The summed E-state index contributed by atoms with van der Waals surface area (Å²) in [6.45, 7) is 5.17. The number of hydrogen-bond acceptors (Lipinski definition) is 5. The number of nitro benzene ring substituents is 1. The van der Waals surface area contributed by atoms with E-state index in [0.717, 1.165) is 5.56 Å². The predicted octanol–water partition coefficient (Wildman–Crippen LogP) is 4.07. The Bertz CT molecular complexity index is 809. The Kier molecular flexibility index (Phi) is 5.64. The number of carbonyl (C=O) groups excluding carboxylic acids is 2. The second-order valence-electron chi connectivity index (χ2n) is 5.98. The number of rotatable bonds is 6. The standard InChI is InChI=1S/C19H19NO5/c1-12(2)14-7-9-15(10-8-14)18(21)11-25-19(22)16-5-4-6-17(13(16)3)20(23)24/h4-10,12H,11H2,1-3H3. The molecule has 0 fully saturated rings. The highest BCUT2D eigenvalue weighted by Gasteiger charge is 2.20. The van der Waals surface area contributed by atoms with Gasteiger partial charge in [0.1, 0.15) is 0 Å². The molecule has 0 amide bonds. The van der Waals surface area contributed by atoms with Crippen LogP contribution in [0.3, 0.4) is 0 Å². The second-order valence-corrected chi connectivity index (χ2v) is 5.98. The van der Waals surface area contributed by atoms with Gasteiger partial charge in [-0.15, -0.1) is 0 Å². The van der Waals surface area contributed by atoms with E-state index < -0.39 is 17.5 Å². The second kappa shape index (κ2) is 7.70. The highest BCUT2D eigenvalue weighted by atomic mass is 16.6. The SMILES string of the molecule is Cc1c(C(=O)OCC(=O)c2ccc(C(C)C)cc2)cccc1[N+](=O)[O-]. The molecular weight excluding hydrogens is 322 g/mol. The molecule has 2 aromatic carbocycles. The van der Waals surface area contributed by atoms with Gasteiger partial charge < -0.3 is 4.74 Å². The molecule has 0 radical (unpaired) electrons. The zero-order chi connectivity index (χ0) is 18.6. The summed E-state index contributed by atoms with van der Waals surface area (Å²) in [5, 5.41) is 10.9. The number of ketones is 1. The minimum Gasteiger partial charge on any atom is -0.454 e. The molecule has 0 unspecified atom stereocenters. The Morgan fingerprint density at radius 3 is 2.32 bits per heavy atom. The zero-order valence-corrected chi connectivity index (χ0v) is 14.3. The van der Waals surface area contributed by atoms with E-state index in [1.54, 1.807) is 12.1 Å². The number of Topliss-reactive ketones (excluding diaryl/α,β-unsaturated/α-hetero) is 1. The summed E-state index contributed by atoms with van der Waals surface area (Å²) in [5.41, 5.74) is 1.70. The Labute approximate surface area is 145 Å². The topological polar surface area (TPSA) is 86.5 Å². The molecule has 0 spiro atoms. The average Bonchev–Trinajstić information content (AvgIpc) is 2.59. The summed E-state index contributed by atoms with van der Waals surface area (Å²) < 4.78 is 5.03. The van der Waals surface area contributed by atoms with Crippen LogP contribution < -0.4 is 0 Å². The Morgan fingerprint density at radius 2 is 1.76 bits per heavy atom. The fraction of sp³-hybridized carbons (Fsp3) is 0.263. The maximum absolute atomic E-state index is 12.1. The van der Waals surface area contributed by atoms with Crippen LogP contribution in [0, 0.1) is 17.0 Å². The summed E-state index contributed by atoms with van der Waals surface area (Å²) in [4.78, 5) is 34.6. The van der Waals surface area contributed by atoms with Gasteiger partial charge in [-0.05, 0) is 24.5 Å². The van der Waals surface area contributed by atoms with Crippen molar-refractivity contribution < 1.29 is 19.2 Å². The van der Waals surface area contributed by atoms with Crippen LogP contribution in [-0.2, 0) is 4.74 Å². The molecule has 0 aliphatic heterocycles. The van der Waals surface area contributed by atoms with Gasteiger partial charge >= 0.3 is 5.97 Å². The van der Waals surface area contributed by atoms with Crippen molar-refractivity contribution in [3.05, 3.63) is 74.8 Å². The van der Waals surface area contributed by atoms with E-state index in [1.165, 1.54) is 25.1 Å². The number of ether oxygens (including phenoxy) is 1. The third kappa shape index (κ3) is 4.29. The van der Waals surface area contributed by atoms with Gasteiger partial charge in [0.05, 0.1) is 10.5 Å². The lowest BCUT2D eigenvalue weighted by atomic mass is 10.0. The van der Waals surface area contributed by atoms with Crippen LogP contribution in [0.1, 0.15) is 51.6 Å². The molecule has 6 heteroatoms. The molecule has 0 saturated heterocycles. The molecule has 130 valence electrons. The lowest BCUT2D eigenvalue weighted by Crippen LogP contribution is -2.15. The molecule has 6 nitrogen and oxygen atoms in total. The number of nitrogens with zero attached hydrogens (tertiary/aromatic N) is 1. The molecule has 25 heavy (non-hydrogen) atoms. The van der Waals surface area contributed by atoms with E-state index in [1.807, 2.05) is 12.1 Å². The quantitative estimate of drug-likeness (QED) is 0.342. The van der Waals surface area contributed by atoms with Crippen molar-refractivity contribution in [1.82, 2.24) is 0 Å². The summed E-state index contributed by atoms with van der Waals surface area (Å²) in [5.74, 6) is -0.723. The fourth-order valence-corrected chi connectivity index (χ4v) is 2.39. The van der Waals surface area contributed by atoms with Crippen molar-refractivity contribution >= 4 is 17.4 Å². The van der Waals surface area contributed by atoms with E-state index in [4.69, 9.17) is 4.74 Å². The van der Waals surface area contributed by atoms with Crippen LogP contribution in [-0.4, -0.2) is 23.3 Å². The Hall–Kier alpha value is -3.02. The smallest absolute Gasteiger partial charge is 0.339 e. The third-order valence-corrected chi connectivity index (χ3v) is 3.96. The molecule has 2 aromatic rings. The van der Waals surface area contributed by atoms with Crippen LogP contribution >= 0.6 is 0 Å². The molecule has 0 aromatic heterocycles. The van der Waals surface area contributed by atoms with Gasteiger partial charge in [0, 0.05) is 17.2 Å². The first-order valence-corrected chi connectivity index (χ1v) is 7.85. The molecule has 0 saturated carbocycles. The number of hydrogen-bond donors (Lipinski definition) is 0. The predicted molar refractivity (Wildman–Crippen MR) is 93.0 cm³/mol. The van der Waals surface area contributed by atoms with Gasteiger partial charge in [0.15, 0.2) is 12.4 Å². The summed E-state index contributed by atoms with van der Waals surface area (Å²) >= 11 is 0. The van der Waals surface area contributed by atoms with Crippen molar-refractivity contribution in [3.8, 4) is 0 Å². The molecule has 0 heterocycles. The highest BCUT2D eigenvalue weighted by Crippen LogP contribution is 2.22. The van der Waals surface area contributed by atoms with Crippen LogP contribution in [0.5, 0.6) is 0 Å². The van der Waals surface area contributed by atoms with E-state index in [0.29, 0.717) is 11.5 Å². The summed E-state index contributed by atoms with van der Waals surface area (Å²) in [6, 6.07) is 11.3. The highest BCUT2D eigenvalue weighted by molar-refractivity contribution is 5.99. The summed E-state index contributed by atoms with van der Waals surface area (Å²) in [6.07, 6.45) is 0. The minimum atomic E-state index is -0.756. The molecule has 0 atom stereocenters. The van der Waals surface area contributed by atoms with Gasteiger partial charge in [0.25, 0.3) is 5.69 Å². The molecule has 0 aliphatic carbocycles. The first kappa shape index (κ1) is 18.3.